The lowest BCUT2D eigenvalue weighted by Gasteiger charge is -2.14. The first kappa shape index (κ1) is 17.3. The van der Waals surface area contributed by atoms with Gasteiger partial charge in [0.1, 0.15) is 5.75 Å². The first-order chi connectivity index (χ1) is 11.9. The molecule has 1 aliphatic rings. The van der Waals surface area contributed by atoms with Crippen LogP contribution in [0.15, 0.2) is 53.4 Å². The quantitative estimate of drug-likeness (QED) is 0.821. The fourth-order valence-corrected chi connectivity index (χ4v) is 3.94. The SMILES string of the molecule is O=C(O)c1cccc(S(=O)(=O)Nc2cccc(OC3CCCC3)c2)c1. The third-order valence-electron chi connectivity index (χ3n) is 4.08. The highest BCUT2D eigenvalue weighted by molar-refractivity contribution is 7.92. The minimum Gasteiger partial charge on any atom is -0.490 e. The maximum absolute atomic E-state index is 12.5. The number of hydrogen-bond donors (Lipinski definition) is 2. The van der Waals surface area contributed by atoms with Gasteiger partial charge in [0.15, 0.2) is 0 Å². The Kier molecular flexibility index (Phi) is 4.94. The second-order valence-corrected chi connectivity index (χ2v) is 7.67. The van der Waals surface area contributed by atoms with Crippen molar-refractivity contribution in [3.63, 3.8) is 0 Å². The van der Waals surface area contributed by atoms with Crippen LogP contribution in [0.5, 0.6) is 5.75 Å². The zero-order valence-corrected chi connectivity index (χ0v) is 14.3. The number of benzene rings is 2. The molecule has 1 saturated carbocycles. The van der Waals surface area contributed by atoms with E-state index in [1.54, 1.807) is 24.3 Å². The number of hydrogen-bond acceptors (Lipinski definition) is 4. The van der Waals surface area contributed by atoms with Gasteiger partial charge in [-0.2, -0.15) is 0 Å². The number of nitrogens with one attached hydrogen (secondary N) is 1. The van der Waals surface area contributed by atoms with Crippen LogP contribution in [0.3, 0.4) is 0 Å². The molecule has 0 aliphatic heterocycles. The Morgan fingerprint density at radius 3 is 2.52 bits per heavy atom. The Bertz CT molecular complexity index is 873. The molecule has 0 amide bonds. The smallest absolute Gasteiger partial charge is 0.335 e. The Balaban J connectivity index is 1.78. The van der Waals surface area contributed by atoms with E-state index in [1.165, 1.54) is 18.2 Å². The normalized spacial score (nSPS) is 15.0. The van der Waals surface area contributed by atoms with Crippen molar-refractivity contribution in [1.82, 2.24) is 0 Å². The van der Waals surface area contributed by atoms with E-state index in [4.69, 9.17) is 9.84 Å². The van der Waals surface area contributed by atoms with Crippen LogP contribution in [0.1, 0.15) is 36.0 Å². The van der Waals surface area contributed by atoms with Crippen LogP contribution in [0.2, 0.25) is 0 Å². The lowest BCUT2D eigenvalue weighted by molar-refractivity contribution is 0.0696. The summed E-state index contributed by atoms with van der Waals surface area (Å²) < 4.78 is 33.3. The minimum absolute atomic E-state index is 0.0822. The number of ether oxygens (including phenoxy) is 1. The number of anilines is 1. The van der Waals surface area contributed by atoms with Crippen molar-refractivity contribution in [2.24, 2.45) is 0 Å². The summed E-state index contributed by atoms with van der Waals surface area (Å²) in [5.74, 6) is -0.560. The molecular weight excluding hydrogens is 342 g/mol. The lowest BCUT2D eigenvalue weighted by atomic mass is 10.2. The molecule has 1 fully saturated rings. The first-order valence-corrected chi connectivity index (χ1v) is 9.55. The molecule has 0 unspecified atom stereocenters. The van der Waals surface area contributed by atoms with E-state index in [-0.39, 0.29) is 16.6 Å². The predicted octanol–water partition coefficient (Wildman–Crippen LogP) is 3.51. The molecule has 2 N–H and O–H groups in total. The number of sulfonamides is 1. The highest BCUT2D eigenvalue weighted by Crippen LogP contribution is 2.26. The van der Waals surface area contributed by atoms with Gasteiger partial charge in [0.05, 0.1) is 22.3 Å². The molecule has 3 rings (SSSR count). The highest BCUT2D eigenvalue weighted by atomic mass is 32.2. The van der Waals surface area contributed by atoms with E-state index in [0.29, 0.717) is 11.4 Å². The standard InChI is InChI=1S/C18H19NO5S/c20-18(21)13-5-3-10-17(11-13)25(22,23)19-14-6-4-9-16(12-14)24-15-7-1-2-8-15/h3-6,9-12,15,19H,1-2,7-8H2,(H,20,21). The number of rotatable bonds is 6. The molecule has 1 aliphatic carbocycles. The van der Waals surface area contributed by atoms with Gasteiger partial charge in [-0.1, -0.05) is 12.1 Å². The molecular formula is C18H19NO5S. The minimum atomic E-state index is -3.88. The maximum Gasteiger partial charge on any atom is 0.335 e. The number of aromatic carboxylic acids is 1. The Morgan fingerprint density at radius 2 is 1.80 bits per heavy atom. The van der Waals surface area contributed by atoms with Gasteiger partial charge in [-0.15, -0.1) is 0 Å². The number of carboxylic acid groups (broad SMARTS) is 1. The molecule has 0 aromatic heterocycles. The molecule has 0 bridgehead atoms. The van der Waals surface area contributed by atoms with E-state index in [0.717, 1.165) is 31.7 Å². The fraction of sp³-hybridized carbons (Fsp3) is 0.278. The lowest BCUT2D eigenvalue weighted by Crippen LogP contribution is -2.14. The summed E-state index contributed by atoms with van der Waals surface area (Å²) in [6, 6.07) is 12.0. The maximum atomic E-state index is 12.5. The van der Waals surface area contributed by atoms with Crippen LogP contribution in [0.25, 0.3) is 0 Å². The largest absolute Gasteiger partial charge is 0.490 e. The van der Waals surface area contributed by atoms with Crippen molar-refractivity contribution in [2.75, 3.05) is 4.72 Å². The van der Waals surface area contributed by atoms with E-state index >= 15 is 0 Å². The molecule has 6 nitrogen and oxygen atoms in total. The second kappa shape index (κ2) is 7.14. The third kappa shape index (κ3) is 4.30. The molecule has 0 saturated heterocycles. The Hall–Kier alpha value is -2.54. The van der Waals surface area contributed by atoms with Crippen LogP contribution < -0.4 is 9.46 Å². The summed E-state index contributed by atoms with van der Waals surface area (Å²) in [5.41, 5.74) is 0.289. The summed E-state index contributed by atoms with van der Waals surface area (Å²) in [6.45, 7) is 0. The van der Waals surface area contributed by atoms with Crippen LogP contribution in [0, 0.1) is 0 Å². The summed E-state index contributed by atoms with van der Waals surface area (Å²) in [7, 11) is -3.88. The first-order valence-electron chi connectivity index (χ1n) is 8.07. The predicted molar refractivity (Wildman–Crippen MR) is 93.5 cm³/mol. The second-order valence-electron chi connectivity index (χ2n) is 5.99. The third-order valence-corrected chi connectivity index (χ3v) is 5.46. The summed E-state index contributed by atoms with van der Waals surface area (Å²) >= 11 is 0. The van der Waals surface area contributed by atoms with Gasteiger partial charge in [-0.25, -0.2) is 13.2 Å². The molecule has 0 spiro atoms. The van der Waals surface area contributed by atoms with E-state index in [1.807, 2.05) is 0 Å². The molecule has 2 aromatic rings. The van der Waals surface area contributed by atoms with Gasteiger partial charge in [0, 0.05) is 6.07 Å². The van der Waals surface area contributed by atoms with Crippen LogP contribution in [-0.2, 0) is 10.0 Å². The van der Waals surface area contributed by atoms with Gasteiger partial charge in [-0.05, 0) is 56.0 Å². The van der Waals surface area contributed by atoms with Crippen molar-refractivity contribution in [3.05, 3.63) is 54.1 Å². The highest BCUT2D eigenvalue weighted by Gasteiger charge is 2.18. The van der Waals surface area contributed by atoms with Crippen molar-refractivity contribution < 1.29 is 23.1 Å². The fourth-order valence-electron chi connectivity index (χ4n) is 2.84. The van der Waals surface area contributed by atoms with Crippen molar-refractivity contribution in [2.45, 2.75) is 36.7 Å². The van der Waals surface area contributed by atoms with Crippen molar-refractivity contribution in [3.8, 4) is 5.75 Å². The van der Waals surface area contributed by atoms with Crippen molar-refractivity contribution in [1.29, 1.82) is 0 Å². The van der Waals surface area contributed by atoms with Crippen LogP contribution in [-0.4, -0.2) is 25.6 Å². The summed E-state index contributed by atoms with van der Waals surface area (Å²) in [5, 5.41) is 9.01. The summed E-state index contributed by atoms with van der Waals surface area (Å²) in [4.78, 5) is 10.9. The van der Waals surface area contributed by atoms with Crippen LogP contribution in [0.4, 0.5) is 5.69 Å². The van der Waals surface area contributed by atoms with Crippen LogP contribution >= 0.6 is 0 Å². The van der Waals surface area contributed by atoms with Gasteiger partial charge < -0.3 is 9.84 Å². The Labute approximate surface area is 146 Å². The van der Waals surface area contributed by atoms with Gasteiger partial charge >= 0.3 is 5.97 Å². The molecule has 0 atom stereocenters. The number of carboxylic acids is 1. The molecule has 25 heavy (non-hydrogen) atoms. The van der Waals surface area contributed by atoms with E-state index in [2.05, 4.69) is 4.72 Å². The van der Waals surface area contributed by atoms with E-state index < -0.39 is 16.0 Å². The van der Waals surface area contributed by atoms with Gasteiger partial charge in [0.2, 0.25) is 0 Å². The average molecular weight is 361 g/mol. The molecule has 132 valence electrons. The number of carbonyl (C=O) groups is 1. The molecule has 0 radical (unpaired) electrons. The van der Waals surface area contributed by atoms with E-state index in [9.17, 15) is 13.2 Å². The Morgan fingerprint density at radius 1 is 1.08 bits per heavy atom. The van der Waals surface area contributed by atoms with Gasteiger partial charge in [0.25, 0.3) is 10.0 Å². The zero-order chi connectivity index (χ0) is 17.9. The zero-order valence-electron chi connectivity index (χ0n) is 13.5. The molecule has 7 heteroatoms. The van der Waals surface area contributed by atoms with Crippen molar-refractivity contribution >= 4 is 21.7 Å². The monoisotopic (exact) mass is 361 g/mol. The molecule has 2 aromatic carbocycles. The average Bonchev–Trinajstić information content (AvgIpc) is 3.08. The topological polar surface area (TPSA) is 92.7 Å². The summed E-state index contributed by atoms with van der Waals surface area (Å²) in [6.07, 6.45) is 4.50. The van der Waals surface area contributed by atoms with Gasteiger partial charge in [-0.3, -0.25) is 4.72 Å². The molecule has 0 heterocycles.